The number of thiophene rings is 1. The second-order valence-electron chi connectivity index (χ2n) is 7.55. The minimum Gasteiger partial charge on any atom is -0.409 e. The minimum absolute atomic E-state index is 0.00608. The van der Waals surface area contributed by atoms with E-state index in [1.54, 1.807) is 16.8 Å². The van der Waals surface area contributed by atoms with Crippen molar-refractivity contribution in [1.82, 2.24) is 10.6 Å². The summed E-state index contributed by atoms with van der Waals surface area (Å²) in [4.78, 5) is 37.1. The molecular weight excluding hydrogens is 380 g/mol. The van der Waals surface area contributed by atoms with Crippen LogP contribution in [-0.2, 0) is 14.3 Å². The molecule has 0 aliphatic carbocycles. The Labute approximate surface area is 170 Å². The van der Waals surface area contributed by atoms with Crippen LogP contribution in [0.2, 0.25) is 0 Å². The monoisotopic (exact) mass is 410 g/mol. The summed E-state index contributed by atoms with van der Waals surface area (Å²) in [6.45, 7) is 8.27. The number of Topliss-reactive ketones (excluding diaryl/α,β-unsaturated/α-hetero) is 1. The second-order valence-corrected chi connectivity index (χ2v) is 8.33. The Morgan fingerprint density at radius 3 is 2.68 bits per heavy atom. The zero-order valence-corrected chi connectivity index (χ0v) is 17.7. The molecule has 1 saturated heterocycles. The molecule has 0 aromatic carbocycles. The Kier molecular flexibility index (Phi) is 8.44. The summed E-state index contributed by atoms with van der Waals surface area (Å²) in [5.41, 5.74) is 0. The minimum atomic E-state index is -0.779. The molecule has 0 saturated carbocycles. The Hall–Kier alpha value is -1.93. The van der Waals surface area contributed by atoms with Crippen molar-refractivity contribution in [3.63, 3.8) is 0 Å². The molecule has 8 heteroatoms. The van der Waals surface area contributed by atoms with Gasteiger partial charge in [0.1, 0.15) is 24.4 Å². The Morgan fingerprint density at radius 2 is 2.07 bits per heavy atom. The van der Waals surface area contributed by atoms with Crippen molar-refractivity contribution < 1.29 is 23.9 Å². The number of hydrogen-bond acceptors (Lipinski definition) is 6. The zero-order chi connectivity index (χ0) is 20.7. The molecule has 2 heterocycles. The van der Waals surface area contributed by atoms with Gasteiger partial charge in [-0.15, -0.1) is 11.3 Å². The highest BCUT2D eigenvalue weighted by atomic mass is 32.1. The van der Waals surface area contributed by atoms with E-state index in [4.69, 9.17) is 9.47 Å². The van der Waals surface area contributed by atoms with Gasteiger partial charge < -0.3 is 20.1 Å². The molecule has 28 heavy (non-hydrogen) atoms. The largest absolute Gasteiger partial charge is 0.413 e. The van der Waals surface area contributed by atoms with Gasteiger partial charge in [0.25, 0.3) is 0 Å². The van der Waals surface area contributed by atoms with Crippen LogP contribution in [-0.4, -0.2) is 42.6 Å². The van der Waals surface area contributed by atoms with E-state index in [9.17, 15) is 14.4 Å². The van der Waals surface area contributed by atoms with Crippen molar-refractivity contribution >= 4 is 29.1 Å². The highest BCUT2D eigenvalue weighted by molar-refractivity contribution is 7.08. The molecule has 1 aliphatic rings. The van der Waals surface area contributed by atoms with Gasteiger partial charge in [0.15, 0.2) is 5.78 Å². The number of rotatable bonds is 9. The van der Waals surface area contributed by atoms with Crippen LogP contribution in [0.1, 0.15) is 47.0 Å². The summed E-state index contributed by atoms with van der Waals surface area (Å²) in [7, 11) is 0. The third-order valence-electron chi connectivity index (χ3n) is 5.22. The Bertz CT molecular complexity index is 662. The molecule has 0 spiro atoms. The van der Waals surface area contributed by atoms with Crippen LogP contribution < -0.4 is 15.4 Å². The Balaban J connectivity index is 2.02. The quantitative estimate of drug-likeness (QED) is 0.652. The molecule has 2 rings (SSSR count). The van der Waals surface area contributed by atoms with Crippen LogP contribution in [0, 0.1) is 11.8 Å². The zero-order valence-electron chi connectivity index (χ0n) is 16.9. The maximum absolute atomic E-state index is 12.8. The smallest absolute Gasteiger partial charge is 0.409 e. The maximum Gasteiger partial charge on any atom is 0.413 e. The van der Waals surface area contributed by atoms with Gasteiger partial charge in [-0.2, -0.15) is 0 Å². The second kappa shape index (κ2) is 10.6. The van der Waals surface area contributed by atoms with Gasteiger partial charge >= 0.3 is 6.09 Å². The lowest BCUT2D eigenvalue weighted by Gasteiger charge is -2.24. The van der Waals surface area contributed by atoms with E-state index in [-0.39, 0.29) is 24.4 Å². The van der Waals surface area contributed by atoms with Crippen LogP contribution in [0.4, 0.5) is 4.79 Å². The lowest BCUT2D eigenvalue weighted by atomic mass is 9.91. The van der Waals surface area contributed by atoms with Crippen molar-refractivity contribution in [3.8, 4) is 5.75 Å². The van der Waals surface area contributed by atoms with Crippen LogP contribution in [0.3, 0.4) is 0 Å². The van der Waals surface area contributed by atoms with Crippen LogP contribution in [0.5, 0.6) is 5.75 Å². The summed E-state index contributed by atoms with van der Waals surface area (Å²) in [5.74, 6) is 0.763. The molecule has 4 atom stereocenters. The van der Waals surface area contributed by atoms with E-state index in [1.165, 1.54) is 11.3 Å². The number of ketones is 1. The number of amides is 2. The van der Waals surface area contributed by atoms with Crippen LogP contribution in [0.15, 0.2) is 16.8 Å². The molecule has 2 N–H and O–H groups in total. The summed E-state index contributed by atoms with van der Waals surface area (Å²) >= 11 is 1.41. The fraction of sp³-hybridized carbons (Fsp3) is 0.650. The summed E-state index contributed by atoms with van der Waals surface area (Å²) in [6, 6.07) is 0.232. The fourth-order valence-electron chi connectivity index (χ4n) is 2.98. The van der Waals surface area contributed by atoms with E-state index in [1.807, 2.05) is 6.92 Å². The van der Waals surface area contributed by atoms with E-state index in [0.717, 1.165) is 6.42 Å². The molecule has 1 aliphatic heterocycles. The van der Waals surface area contributed by atoms with Gasteiger partial charge in [-0.1, -0.05) is 27.7 Å². The first-order valence-corrected chi connectivity index (χ1v) is 10.7. The number of carbonyl (C=O) groups excluding carboxylic acids is 3. The van der Waals surface area contributed by atoms with Gasteiger partial charge in [0.2, 0.25) is 5.91 Å². The molecule has 0 bridgehead atoms. The SMILES string of the molecule is CCC1OCC(=O)C1NC(=O)[C@H](CCC(C)C(C)C)NC(=O)Oc1ccsc1. The van der Waals surface area contributed by atoms with E-state index < -0.39 is 18.2 Å². The number of hydrogen-bond donors (Lipinski definition) is 2. The molecule has 0 radical (unpaired) electrons. The molecular formula is C20H30N2O5S. The van der Waals surface area contributed by atoms with E-state index in [2.05, 4.69) is 31.4 Å². The molecule has 7 nitrogen and oxygen atoms in total. The predicted octanol–water partition coefficient (Wildman–Crippen LogP) is 3.14. The van der Waals surface area contributed by atoms with Crippen LogP contribution >= 0.6 is 11.3 Å². The first-order valence-electron chi connectivity index (χ1n) is 9.77. The summed E-state index contributed by atoms with van der Waals surface area (Å²) < 4.78 is 10.6. The van der Waals surface area contributed by atoms with Crippen molar-refractivity contribution in [2.75, 3.05) is 6.61 Å². The summed E-state index contributed by atoms with van der Waals surface area (Å²) in [6.07, 6.45) is 0.837. The van der Waals surface area contributed by atoms with Gasteiger partial charge in [-0.05, 0) is 42.5 Å². The van der Waals surface area contributed by atoms with Crippen molar-refractivity contribution in [2.45, 2.75) is 65.1 Å². The number of nitrogens with one attached hydrogen (secondary N) is 2. The highest BCUT2D eigenvalue weighted by Gasteiger charge is 2.37. The van der Waals surface area contributed by atoms with Gasteiger partial charge in [-0.25, -0.2) is 4.79 Å². The molecule has 156 valence electrons. The number of carbonyl (C=O) groups is 3. The standard InChI is InChI=1S/C20H30N2O5S/c1-5-17-18(16(23)10-26-17)22-19(24)15(7-6-13(4)12(2)3)21-20(25)27-14-8-9-28-11-14/h8-9,11-13,15,17-18H,5-7,10H2,1-4H3,(H,21,25)(H,22,24)/t13?,15-,17?,18?/m0/s1. The average molecular weight is 411 g/mol. The van der Waals surface area contributed by atoms with Gasteiger partial charge in [-0.3, -0.25) is 9.59 Å². The first-order chi connectivity index (χ1) is 13.3. The van der Waals surface area contributed by atoms with Crippen molar-refractivity contribution in [3.05, 3.63) is 16.8 Å². The normalized spacial score (nSPS) is 21.4. The first kappa shape index (κ1) is 22.4. The predicted molar refractivity (Wildman–Crippen MR) is 107 cm³/mol. The van der Waals surface area contributed by atoms with Crippen molar-refractivity contribution in [2.24, 2.45) is 11.8 Å². The van der Waals surface area contributed by atoms with E-state index >= 15 is 0 Å². The molecule has 2 amide bonds. The number of ether oxygens (including phenoxy) is 2. The van der Waals surface area contributed by atoms with Crippen LogP contribution in [0.25, 0.3) is 0 Å². The van der Waals surface area contributed by atoms with Crippen molar-refractivity contribution in [1.29, 1.82) is 0 Å². The third kappa shape index (κ3) is 6.31. The third-order valence-corrected chi connectivity index (χ3v) is 5.88. The lowest BCUT2D eigenvalue weighted by Crippen LogP contribution is -2.53. The highest BCUT2D eigenvalue weighted by Crippen LogP contribution is 2.19. The molecule has 3 unspecified atom stereocenters. The van der Waals surface area contributed by atoms with Gasteiger partial charge in [0.05, 0.1) is 6.10 Å². The average Bonchev–Trinajstić information content (AvgIpc) is 3.28. The van der Waals surface area contributed by atoms with Gasteiger partial charge in [0, 0.05) is 5.38 Å². The molecule has 1 aromatic heterocycles. The van der Waals surface area contributed by atoms with E-state index in [0.29, 0.717) is 30.4 Å². The lowest BCUT2D eigenvalue weighted by molar-refractivity contribution is -0.127. The molecule has 1 fully saturated rings. The maximum atomic E-state index is 12.8. The molecule has 1 aromatic rings. The topological polar surface area (TPSA) is 93.7 Å². The Morgan fingerprint density at radius 1 is 1.32 bits per heavy atom. The fourth-order valence-corrected chi connectivity index (χ4v) is 3.54. The summed E-state index contributed by atoms with van der Waals surface area (Å²) in [5, 5.41) is 8.92.